The number of anilines is 1. The van der Waals surface area contributed by atoms with Gasteiger partial charge in [0.15, 0.2) is 5.82 Å². The summed E-state index contributed by atoms with van der Waals surface area (Å²) in [5.74, 6) is 1.54. The summed E-state index contributed by atoms with van der Waals surface area (Å²) < 4.78 is 7.53. The fraction of sp³-hybridized carbons (Fsp3) is 0.714. The number of nitrogens with zero attached hydrogens (tertiary/aromatic N) is 4. The number of fused-ring (bicyclic) bond motifs is 1. The quantitative estimate of drug-likeness (QED) is 0.869. The van der Waals surface area contributed by atoms with Crippen molar-refractivity contribution in [1.82, 2.24) is 19.5 Å². The van der Waals surface area contributed by atoms with E-state index in [1.54, 1.807) is 6.33 Å². The molecule has 3 heterocycles. The van der Waals surface area contributed by atoms with Gasteiger partial charge >= 0.3 is 0 Å². The minimum atomic E-state index is 0.498. The van der Waals surface area contributed by atoms with Crippen molar-refractivity contribution in [3.63, 3.8) is 0 Å². The molecule has 2 aromatic heterocycles. The third-order valence-electron chi connectivity index (χ3n) is 6.57. The Morgan fingerprint density at radius 1 is 1.15 bits per heavy atom. The molecule has 1 N–H and O–H groups in total. The van der Waals surface area contributed by atoms with E-state index in [9.17, 15) is 0 Å². The maximum atomic E-state index is 5.55. The van der Waals surface area contributed by atoms with Gasteiger partial charge in [0.2, 0.25) is 0 Å². The van der Waals surface area contributed by atoms with Crippen molar-refractivity contribution in [2.45, 2.75) is 76.4 Å². The van der Waals surface area contributed by atoms with Crippen LogP contribution in [0.25, 0.3) is 5.52 Å². The lowest BCUT2D eigenvalue weighted by atomic mass is 9.89. The molecule has 1 aliphatic heterocycles. The highest BCUT2D eigenvalue weighted by Crippen LogP contribution is 2.34. The highest BCUT2D eigenvalue weighted by atomic mass is 16.5. The average Bonchev–Trinajstić information content (AvgIpc) is 3.14. The molecule has 0 bridgehead atoms. The molecule has 4 rings (SSSR count). The van der Waals surface area contributed by atoms with Crippen LogP contribution >= 0.6 is 0 Å². The number of hydrogen-bond donors (Lipinski definition) is 1. The van der Waals surface area contributed by atoms with E-state index >= 15 is 0 Å². The van der Waals surface area contributed by atoms with Gasteiger partial charge in [-0.15, -0.1) is 0 Å². The van der Waals surface area contributed by atoms with Gasteiger partial charge in [-0.3, -0.25) is 0 Å². The second kappa shape index (κ2) is 8.15. The van der Waals surface area contributed by atoms with E-state index in [1.165, 1.54) is 31.2 Å². The molecule has 1 saturated carbocycles. The molecule has 1 saturated heterocycles. The zero-order valence-corrected chi connectivity index (χ0v) is 16.9. The van der Waals surface area contributed by atoms with Gasteiger partial charge in [0.05, 0.1) is 0 Å². The van der Waals surface area contributed by atoms with E-state index in [0.29, 0.717) is 24.0 Å². The molecule has 0 spiro atoms. The highest BCUT2D eigenvalue weighted by Gasteiger charge is 2.27. The molecule has 0 atom stereocenters. The first-order chi connectivity index (χ1) is 13.1. The molecule has 2 aromatic rings. The van der Waals surface area contributed by atoms with E-state index < -0.39 is 0 Å². The van der Waals surface area contributed by atoms with Crippen LogP contribution in [0.2, 0.25) is 0 Å². The van der Waals surface area contributed by atoms with Crippen molar-refractivity contribution in [1.29, 1.82) is 0 Å². The van der Waals surface area contributed by atoms with Gasteiger partial charge in [-0.05, 0) is 77.0 Å². The number of nitrogens with one attached hydrogen (secondary N) is 1. The molecule has 27 heavy (non-hydrogen) atoms. The summed E-state index contributed by atoms with van der Waals surface area (Å²) in [6.45, 7) is 6.27. The molecule has 2 aliphatic rings. The van der Waals surface area contributed by atoms with Gasteiger partial charge in [-0.25, -0.2) is 9.50 Å². The summed E-state index contributed by atoms with van der Waals surface area (Å²) in [5, 5.41) is 8.19. The molecular weight excluding hydrogens is 338 g/mol. The fourth-order valence-corrected chi connectivity index (χ4v) is 4.66. The summed E-state index contributed by atoms with van der Waals surface area (Å²) in [4.78, 5) is 7.15. The normalized spacial score (nSPS) is 24.8. The van der Waals surface area contributed by atoms with E-state index in [4.69, 9.17) is 4.74 Å². The van der Waals surface area contributed by atoms with Crippen molar-refractivity contribution in [2.24, 2.45) is 0 Å². The summed E-state index contributed by atoms with van der Waals surface area (Å²) in [7, 11) is 2.26. The maximum Gasteiger partial charge on any atom is 0.154 e. The molecular formula is C21H33N5O. The number of aromatic nitrogens is 3. The second-order valence-corrected chi connectivity index (χ2v) is 8.47. The van der Waals surface area contributed by atoms with Crippen molar-refractivity contribution in [3.8, 4) is 0 Å². The largest absolute Gasteiger partial charge is 0.381 e. The van der Waals surface area contributed by atoms with Crippen LogP contribution in [-0.4, -0.2) is 57.9 Å². The molecule has 0 aromatic carbocycles. The minimum absolute atomic E-state index is 0.498. The van der Waals surface area contributed by atoms with Crippen LogP contribution < -0.4 is 5.32 Å². The van der Waals surface area contributed by atoms with Crippen LogP contribution in [0.1, 0.15) is 63.9 Å². The maximum absolute atomic E-state index is 5.55. The van der Waals surface area contributed by atoms with Crippen LogP contribution in [0.5, 0.6) is 0 Å². The summed E-state index contributed by atoms with van der Waals surface area (Å²) in [6.07, 6.45) is 10.8. The number of hydrogen-bond acceptors (Lipinski definition) is 5. The van der Waals surface area contributed by atoms with Crippen LogP contribution in [-0.2, 0) is 4.74 Å². The predicted octanol–water partition coefficient (Wildman–Crippen LogP) is 3.69. The monoisotopic (exact) mass is 371 g/mol. The SMILES string of the molecule is CC(C)N(C)C1CCC(Nc2ncnn3ccc(C4CCOCC4)c23)CC1. The van der Waals surface area contributed by atoms with Crippen LogP contribution in [0.3, 0.4) is 0 Å². The lowest BCUT2D eigenvalue weighted by Crippen LogP contribution is -2.41. The van der Waals surface area contributed by atoms with Gasteiger partial charge in [0.1, 0.15) is 11.8 Å². The summed E-state index contributed by atoms with van der Waals surface area (Å²) >= 11 is 0. The third-order valence-corrected chi connectivity index (χ3v) is 6.57. The lowest BCUT2D eigenvalue weighted by molar-refractivity contribution is 0.0856. The Morgan fingerprint density at radius 2 is 1.89 bits per heavy atom. The summed E-state index contributed by atoms with van der Waals surface area (Å²) in [6, 6.07) is 4.04. The molecule has 6 heteroatoms. The molecule has 1 aliphatic carbocycles. The van der Waals surface area contributed by atoms with Crippen LogP contribution in [0.4, 0.5) is 5.82 Å². The van der Waals surface area contributed by atoms with Gasteiger partial charge in [-0.2, -0.15) is 5.10 Å². The molecule has 148 valence electrons. The van der Waals surface area contributed by atoms with Gasteiger partial charge < -0.3 is 15.0 Å². The molecule has 0 radical (unpaired) electrons. The molecule has 0 amide bonds. The Kier molecular flexibility index (Phi) is 5.64. The molecule has 0 unspecified atom stereocenters. The Morgan fingerprint density at radius 3 is 2.59 bits per heavy atom. The van der Waals surface area contributed by atoms with Gasteiger partial charge in [0.25, 0.3) is 0 Å². The first kappa shape index (κ1) is 18.7. The number of ether oxygens (including phenoxy) is 1. The molecule has 2 fully saturated rings. The lowest BCUT2D eigenvalue weighted by Gasteiger charge is -2.37. The highest BCUT2D eigenvalue weighted by molar-refractivity contribution is 5.73. The Labute approximate surface area is 162 Å². The molecule has 6 nitrogen and oxygen atoms in total. The van der Waals surface area contributed by atoms with Crippen molar-refractivity contribution in [3.05, 3.63) is 24.2 Å². The van der Waals surface area contributed by atoms with Gasteiger partial charge in [-0.1, -0.05) is 0 Å². The van der Waals surface area contributed by atoms with E-state index in [2.05, 4.69) is 53.5 Å². The van der Waals surface area contributed by atoms with Gasteiger partial charge in [0, 0.05) is 37.5 Å². The zero-order valence-electron chi connectivity index (χ0n) is 16.9. The first-order valence-corrected chi connectivity index (χ1v) is 10.5. The Balaban J connectivity index is 1.49. The average molecular weight is 372 g/mol. The van der Waals surface area contributed by atoms with E-state index in [1.807, 2.05) is 4.52 Å². The Bertz CT molecular complexity index is 744. The van der Waals surface area contributed by atoms with Crippen molar-refractivity contribution >= 4 is 11.3 Å². The smallest absolute Gasteiger partial charge is 0.154 e. The second-order valence-electron chi connectivity index (χ2n) is 8.47. The zero-order chi connectivity index (χ0) is 18.8. The van der Waals surface area contributed by atoms with Crippen LogP contribution in [0, 0.1) is 0 Å². The summed E-state index contributed by atoms with van der Waals surface area (Å²) in [5.41, 5.74) is 2.53. The predicted molar refractivity (Wildman–Crippen MR) is 108 cm³/mol. The number of rotatable bonds is 5. The van der Waals surface area contributed by atoms with Crippen molar-refractivity contribution < 1.29 is 4.74 Å². The minimum Gasteiger partial charge on any atom is -0.381 e. The van der Waals surface area contributed by atoms with Crippen molar-refractivity contribution in [2.75, 3.05) is 25.6 Å². The standard InChI is InChI=1S/C21H33N5O/c1-15(2)25(3)18-6-4-17(5-7-18)24-21-20-19(16-9-12-27-13-10-16)8-11-26(20)23-14-22-21/h8,11,14-18H,4-7,9-10,12-13H2,1-3H3,(H,22,23,24). The fourth-order valence-electron chi connectivity index (χ4n) is 4.66. The first-order valence-electron chi connectivity index (χ1n) is 10.5. The van der Waals surface area contributed by atoms with Crippen LogP contribution in [0.15, 0.2) is 18.6 Å². The Hall–Kier alpha value is -1.66. The topological polar surface area (TPSA) is 54.7 Å². The third kappa shape index (κ3) is 3.97. The van der Waals surface area contributed by atoms with E-state index in [-0.39, 0.29) is 0 Å². The van der Waals surface area contributed by atoms with E-state index in [0.717, 1.165) is 37.4 Å².